The van der Waals surface area contributed by atoms with Crippen LogP contribution in [0.1, 0.15) is 6.92 Å². The van der Waals surface area contributed by atoms with Crippen molar-refractivity contribution in [2.45, 2.75) is 11.8 Å². The molecule has 1 aromatic heterocycles. The van der Waals surface area contributed by atoms with Gasteiger partial charge in [0.1, 0.15) is 23.5 Å². The van der Waals surface area contributed by atoms with E-state index in [0.29, 0.717) is 29.3 Å². The van der Waals surface area contributed by atoms with Gasteiger partial charge in [0, 0.05) is 27.0 Å². The zero-order valence-electron chi connectivity index (χ0n) is 19.8. The Morgan fingerprint density at radius 3 is 2.35 bits per heavy atom. The van der Waals surface area contributed by atoms with Crippen LogP contribution in [0.4, 0.5) is 11.4 Å². The number of ether oxygens (including phenoxy) is 1. The molecule has 7 nitrogen and oxygen atoms in total. The van der Waals surface area contributed by atoms with Gasteiger partial charge in [0.15, 0.2) is 0 Å². The van der Waals surface area contributed by atoms with E-state index in [1.807, 2.05) is 37.3 Å². The number of carbonyl (C=O) groups excluding carboxylic acids is 1. The number of nitrogens with one attached hydrogen (secondary N) is 1. The average molecular weight is 579 g/mol. The summed E-state index contributed by atoms with van der Waals surface area (Å²) in [6.07, 6.45) is 0. The quantitative estimate of drug-likeness (QED) is 0.224. The van der Waals surface area contributed by atoms with E-state index in [-0.39, 0.29) is 4.90 Å². The summed E-state index contributed by atoms with van der Waals surface area (Å²) in [6.45, 7) is 1.92. The number of halogens is 1. The van der Waals surface area contributed by atoms with Gasteiger partial charge in [-0.2, -0.15) is 0 Å². The van der Waals surface area contributed by atoms with Crippen LogP contribution in [0.15, 0.2) is 105 Å². The Kier molecular flexibility index (Phi) is 6.90. The summed E-state index contributed by atoms with van der Waals surface area (Å²) < 4.78 is 40.4. The first kappa shape index (κ1) is 24.9. The van der Waals surface area contributed by atoms with E-state index >= 15 is 0 Å². The molecule has 5 aromatic rings. The van der Waals surface area contributed by atoms with E-state index in [0.717, 1.165) is 25.1 Å². The van der Waals surface area contributed by atoms with Crippen LogP contribution >= 0.6 is 15.9 Å². The Morgan fingerprint density at radius 2 is 1.62 bits per heavy atom. The van der Waals surface area contributed by atoms with Gasteiger partial charge in [-0.25, -0.2) is 8.42 Å². The van der Waals surface area contributed by atoms with Crippen molar-refractivity contribution in [3.63, 3.8) is 0 Å². The molecule has 188 valence electrons. The molecule has 0 unspecified atom stereocenters. The third kappa shape index (κ3) is 5.19. The third-order valence-electron chi connectivity index (χ3n) is 5.79. The van der Waals surface area contributed by atoms with Crippen LogP contribution in [0.2, 0.25) is 0 Å². The van der Waals surface area contributed by atoms with Crippen LogP contribution in [-0.2, 0) is 14.8 Å². The van der Waals surface area contributed by atoms with Crippen LogP contribution in [0.5, 0.6) is 5.75 Å². The summed E-state index contributed by atoms with van der Waals surface area (Å²) in [5.41, 5.74) is 2.23. The van der Waals surface area contributed by atoms with Crippen molar-refractivity contribution in [3.8, 4) is 5.75 Å². The summed E-state index contributed by atoms with van der Waals surface area (Å²) in [5, 5.41) is 4.72. The molecule has 0 fully saturated rings. The SMILES string of the molecule is CCOc1ccc(N(CC(=O)Nc2ccc3c(c2)oc2ccccc23)S(=O)(=O)c2ccc(Br)cc2)cc1. The number of carbonyl (C=O) groups is 1. The van der Waals surface area contributed by atoms with Crippen LogP contribution in [0, 0.1) is 0 Å². The van der Waals surface area contributed by atoms with Gasteiger partial charge >= 0.3 is 0 Å². The van der Waals surface area contributed by atoms with Crippen LogP contribution < -0.4 is 14.4 Å². The molecule has 1 heterocycles. The standard InChI is InChI=1S/C28H23BrN2O5S/c1-2-35-22-12-10-21(11-13-22)31(37(33,34)23-14-7-19(29)8-15-23)18-28(32)30-20-9-16-25-24-5-3-4-6-26(24)36-27(25)17-20/h3-17H,2,18H2,1H3,(H,30,32). The third-order valence-corrected chi connectivity index (χ3v) is 8.10. The zero-order valence-corrected chi connectivity index (χ0v) is 22.3. The second kappa shape index (κ2) is 10.3. The van der Waals surface area contributed by atoms with Gasteiger partial charge in [-0.05, 0) is 73.7 Å². The summed E-state index contributed by atoms with van der Waals surface area (Å²) in [5.74, 6) is 0.112. The summed E-state index contributed by atoms with van der Waals surface area (Å²) in [6, 6.07) is 25.9. The van der Waals surface area contributed by atoms with Gasteiger partial charge in [-0.3, -0.25) is 9.10 Å². The maximum absolute atomic E-state index is 13.6. The molecule has 0 radical (unpaired) electrons. The Hall–Kier alpha value is -3.82. The molecule has 9 heteroatoms. The van der Waals surface area contributed by atoms with Gasteiger partial charge < -0.3 is 14.5 Å². The number of hydrogen-bond acceptors (Lipinski definition) is 5. The fourth-order valence-corrected chi connectivity index (χ4v) is 5.74. The lowest BCUT2D eigenvalue weighted by Crippen LogP contribution is -2.38. The molecule has 0 aliphatic rings. The lowest BCUT2D eigenvalue weighted by atomic mass is 10.1. The van der Waals surface area contributed by atoms with E-state index in [1.165, 1.54) is 12.1 Å². The number of para-hydroxylation sites is 1. The van der Waals surface area contributed by atoms with Crippen molar-refractivity contribution in [3.05, 3.63) is 95.5 Å². The molecule has 0 spiro atoms. The second-order valence-corrected chi connectivity index (χ2v) is 11.0. The summed E-state index contributed by atoms with van der Waals surface area (Å²) >= 11 is 3.33. The fraction of sp³-hybridized carbons (Fsp3) is 0.107. The van der Waals surface area contributed by atoms with Crippen molar-refractivity contribution in [1.82, 2.24) is 0 Å². The van der Waals surface area contributed by atoms with Gasteiger partial charge in [0.25, 0.3) is 10.0 Å². The number of rotatable bonds is 8. The number of amides is 1. The van der Waals surface area contributed by atoms with Crippen molar-refractivity contribution < 1.29 is 22.4 Å². The number of sulfonamides is 1. The Morgan fingerprint density at radius 1 is 0.919 bits per heavy atom. The predicted molar refractivity (Wildman–Crippen MR) is 149 cm³/mol. The van der Waals surface area contributed by atoms with Crippen LogP contribution in [-0.4, -0.2) is 27.5 Å². The smallest absolute Gasteiger partial charge is 0.264 e. The highest BCUT2D eigenvalue weighted by molar-refractivity contribution is 9.10. The maximum Gasteiger partial charge on any atom is 0.264 e. The zero-order chi connectivity index (χ0) is 26.0. The van der Waals surface area contributed by atoms with Crippen LogP contribution in [0.25, 0.3) is 21.9 Å². The molecule has 1 amide bonds. The topological polar surface area (TPSA) is 88.8 Å². The highest BCUT2D eigenvalue weighted by atomic mass is 79.9. The molecule has 0 aliphatic heterocycles. The Labute approximate surface area is 222 Å². The molecule has 1 N–H and O–H groups in total. The van der Waals surface area contributed by atoms with E-state index in [2.05, 4.69) is 21.2 Å². The number of benzene rings is 4. The predicted octanol–water partition coefficient (Wildman–Crippen LogP) is 6.58. The molecule has 0 saturated heterocycles. The molecule has 0 aliphatic carbocycles. The molecule has 4 aromatic carbocycles. The first-order chi connectivity index (χ1) is 17.8. The van der Waals surface area contributed by atoms with Gasteiger partial charge in [0.05, 0.1) is 17.2 Å². The van der Waals surface area contributed by atoms with E-state index < -0.39 is 22.5 Å². The first-order valence-electron chi connectivity index (χ1n) is 11.6. The molecule has 0 atom stereocenters. The minimum absolute atomic E-state index is 0.0704. The average Bonchev–Trinajstić information content (AvgIpc) is 3.26. The summed E-state index contributed by atoms with van der Waals surface area (Å²) in [4.78, 5) is 13.2. The Bertz CT molecular complexity index is 1680. The maximum atomic E-state index is 13.6. The lowest BCUT2D eigenvalue weighted by Gasteiger charge is -2.24. The highest BCUT2D eigenvalue weighted by Gasteiger charge is 2.27. The van der Waals surface area contributed by atoms with Gasteiger partial charge in [-0.1, -0.05) is 34.1 Å². The monoisotopic (exact) mass is 578 g/mol. The van der Waals surface area contributed by atoms with Gasteiger partial charge in [-0.15, -0.1) is 0 Å². The molecule has 0 saturated carbocycles. The van der Waals surface area contributed by atoms with Crippen molar-refractivity contribution in [2.75, 3.05) is 22.8 Å². The number of furan rings is 1. The van der Waals surface area contributed by atoms with Crippen molar-refractivity contribution in [1.29, 1.82) is 0 Å². The number of anilines is 2. The van der Waals surface area contributed by atoms with Crippen molar-refractivity contribution in [2.24, 2.45) is 0 Å². The molecular formula is C28H23BrN2O5S. The number of nitrogens with zero attached hydrogens (tertiary/aromatic N) is 1. The minimum atomic E-state index is -4.04. The number of hydrogen-bond donors (Lipinski definition) is 1. The Balaban J connectivity index is 1.44. The fourth-order valence-electron chi connectivity index (χ4n) is 4.06. The van der Waals surface area contributed by atoms with Crippen molar-refractivity contribution >= 4 is 65.2 Å². The molecule has 5 rings (SSSR count). The number of fused-ring (bicyclic) bond motifs is 3. The van der Waals surface area contributed by atoms with Gasteiger partial charge in [0.2, 0.25) is 5.91 Å². The summed E-state index contributed by atoms with van der Waals surface area (Å²) in [7, 11) is -4.04. The molecule has 37 heavy (non-hydrogen) atoms. The van der Waals surface area contributed by atoms with Crippen LogP contribution in [0.3, 0.4) is 0 Å². The van der Waals surface area contributed by atoms with E-state index in [1.54, 1.807) is 48.5 Å². The highest BCUT2D eigenvalue weighted by Crippen LogP contribution is 2.31. The lowest BCUT2D eigenvalue weighted by molar-refractivity contribution is -0.114. The van der Waals surface area contributed by atoms with E-state index in [4.69, 9.17) is 9.15 Å². The minimum Gasteiger partial charge on any atom is -0.494 e. The normalized spacial score (nSPS) is 11.5. The molecular weight excluding hydrogens is 556 g/mol. The largest absolute Gasteiger partial charge is 0.494 e. The second-order valence-electron chi connectivity index (χ2n) is 8.25. The molecule has 0 bridgehead atoms. The van der Waals surface area contributed by atoms with E-state index in [9.17, 15) is 13.2 Å². The first-order valence-corrected chi connectivity index (χ1v) is 13.8.